The van der Waals surface area contributed by atoms with E-state index in [2.05, 4.69) is 24.3 Å². The molecule has 0 saturated carbocycles. The number of rotatable bonds is 8. The van der Waals surface area contributed by atoms with E-state index in [-0.39, 0.29) is 0 Å². The van der Waals surface area contributed by atoms with Crippen LogP contribution in [0.4, 0.5) is 0 Å². The largest absolute Gasteiger partial charge is 0.419 e. The first kappa shape index (κ1) is 12.4. The van der Waals surface area contributed by atoms with Gasteiger partial charge in [0.05, 0.1) is 0 Å². The van der Waals surface area contributed by atoms with E-state index >= 15 is 0 Å². The van der Waals surface area contributed by atoms with Crippen LogP contribution in [0.3, 0.4) is 0 Å². The second kappa shape index (κ2) is 8.65. The van der Waals surface area contributed by atoms with Crippen molar-refractivity contribution in [2.24, 2.45) is 0 Å². The smallest absolute Gasteiger partial charge is 0.192 e. The van der Waals surface area contributed by atoms with E-state index in [0.717, 1.165) is 32.7 Å². The van der Waals surface area contributed by atoms with Crippen LogP contribution in [0.1, 0.15) is 19.8 Å². The van der Waals surface area contributed by atoms with Gasteiger partial charge < -0.3 is 9.16 Å². The predicted octanol–water partition coefficient (Wildman–Crippen LogP) is 1.23. The molecule has 0 aliphatic heterocycles. The van der Waals surface area contributed by atoms with Crippen molar-refractivity contribution < 1.29 is 9.16 Å². The van der Waals surface area contributed by atoms with Gasteiger partial charge >= 0.3 is 0 Å². The lowest BCUT2D eigenvalue weighted by Crippen LogP contribution is -2.17. The molecule has 0 aliphatic rings. The number of benzene rings is 1. The molecule has 0 N–H and O–H groups in total. The summed E-state index contributed by atoms with van der Waals surface area (Å²) >= 11 is 0. The molecule has 0 unspecified atom stereocenters. The molecule has 1 aromatic rings. The molecule has 0 amide bonds. The molecule has 0 bridgehead atoms. The average molecular weight is 224 g/mol. The van der Waals surface area contributed by atoms with Crippen LogP contribution in [0.15, 0.2) is 30.3 Å². The molecule has 15 heavy (non-hydrogen) atoms. The Bertz CT molecular complexity index is 239. The topological polar surface area (TPSA) is 18.5 Å². The lowest BCUT2D eigenvalue weighted by molar-refractivity contribution is 0.139. The first-order valence-corrected chi connectivity index (χ1v) is 6.91. The summed E-state index contributed by atoms with van der Waals surface area (Å²) in [5.74, 6) is 0. The zero-order chi connectivity index (χ0) is 10.8. The Morgan fingerprint density at radius 1 is 1.07 bits per heavy atom. The van der Waals surface area contributed by atoms with Gasteiger partial charge in [-0.3, -0.25) is 0 Å². The summed E-state index contributed by atoms with van der Waals surface area (Å²) in [5.41, 5.74) is 0. The Labute approximate surface area is 94.5 Å². The summed E-state index contributed by atoms with van der Waals surface area (Å²) in [6.07, 6.45) is 2.22. The maximum Gasteiger partial charge on any atom is 0.192 e. The first-order valence-electron chi connectivity index (χ1n) is 5.63. The number of hydrogen-bond donors (Lipinski definition) is 0. The third kappa shape index (κ3) is 6.44. The Balaban J connectivity index is 1.93. The van der Waals surface area contributed by atoms with Crippen LogP contribution in [0.25, 0.3) is 0 Å². The molecule has 0 fully saturated rings. The summed E-state index contributed by atoms with van der Waals surface area (Å²) in [6.45, 7) is 4.60. The van der Waals surface area contributed by atoms with E-state index in [1.54, 1.807) is 0 Å². The minimum atomic E-state index is -0.492. The highest BCUT2D eigenvalue weighted by Crippen LogP contribution is 1.91. The second-order valence-electron chi connectivity index (χ2n) is 3.44. The van der Waals surface area contributed by atoms with Gasteiger partial charge in [0, 0.05) is 19.8 Å². The van der Waals surface area contributed by atoms with Crippen LogP contribution in [-0.4, -0.2) is 29.6 Å². The van der Waals surface area contributed by atoms with Crippen LogP contribution in [0.2, 0.25) is 0 Å². The molecular formula is C12H20O2Si. The van der Waals surface area contributed by atoms with Gasteiger partial charge in [0.1, 0.15) is 0 Å². The highest BCUT2D eigenvalue weighted by Gasteiger charge is 1.93. The monoisotopic (exact) mass is 224 g/mol. The SMILES string of the molecule is CCOCCCCO[SiH2]c1ccccc1. The summed E-state index contributed by atoms with van der Waals surface area (Å²) in [4.78, 5) is 0. The quantitative estimate of drug-likeness (QED) is 0.488. The lowest BCUT2D eigenvalue weighted by atomic mass is 10.3. The third-order valence-corrected chi connectivity index (χ3v) is 3.44. The van der Waals surface area contributed by atoms with Crippen LogP contribution in [0.5, 0.6) is 0 Å². The van der Waals surface area contributed by atoms with Crippen molar-refractivity contribution in [2.75, 3.05) is 19.8 Å². The van der Waals surface area contributed by atoms with Crippen LogP contribution in [0, 0.1) is 0 Å². The molecule has 0 atom stereocenters. The maximum absolute atomic E-state index is 5.68. The fourth-order valence-corrected chi connectivity index (χ4v) is 2.37. The average Bonchev–Trinajstić information content (AvgIpc) is 2.29. The minimum Gasteiger partial charge on any atom is -0.419 e. The van der Waals surface area contributed by atoms with E-state index in [0.29, 0.717) is 0 Å². The molecule has 0 aromatic heterocycles. The normalized spacial score (nSPS) is 11.3. The zero-order valence-corrected chi connectivity index (χ0v) is 10.9. The molecule has 0 spiro atoms. The molecule has 2 nitrogen and oxygen atoms in total. The third-order valence-electron chi connectivity index (χ3n) is 2.14. The molecule has 0 aliphatic carbocycles. The van der Waals surface area contributed by atoms with Gasteiger partial charge in [-0.25, -0.2) is 0 Å². The molecule has 0 saturated heterocycles. The Morgan fingerprint density at radius 2 is 1.80 bits per heavy atom. The number of ether oxygens (including phenoxy) is 1. The first-order chi connectivity index (χ1) is 7.43. The van der Waals surface area contributed by atoms with Crippen molar-refractivity contribution in [2.45, 2.75) is 19.8 Å². The van der Waals surface area contributed by atoms with E-state index in [9.17, 15) is 0 Å². The van der Waals surface area contributed by atoms with Crippen molar-refractivity contribution in [1.82, 2.24) is 0 Å². The Kier molecular flexibility index (Phi) is 7.16. The Morgan fingerprint density at radius 3 is 2.53 bits per heavy atom. The zero-order valence-electron chi connectivity index (χ0n) is 9.45. The summed E-state index contributed by atoms with van der Waals surface area (Å²) in [5, 5.41) is 1.38. The van der Waals surface area contributed by atoms with E-state index in [1.165, 1.54) is 5.19 Å². The maximum atomic E-state index is 5.68. The van der Waals surface area contributed by atoms with Crippen molar-refractivity contribution >= 4 is 14.9 Å². The molecule has 0 heterocycles. The van der Waals surface area contributed by atoms with Crippen molar-refractivity contribution in [1.29, 1.82) is 0 Å². The standard InChI is InChI=1S/C12H20O2Si/c1-2-13-10-6-7-11-14-15-12-8-4-3-5-9-12/h3-5,8-9H,2,6-7,10-11,15H2,1H3. The van der Waals surface area contributed by atoms with Crippen molar-refractivity contribution in [3.05, 3.63) is 30.3 Å². The fraction of sp³-hybridized carbons (Fsp3) is 0.500. The fourth-order valence-electron chi connectivity index (χ4n) is 1.32. The summed E-state index contributed by atoms with van der Waals surface area (Å²) < 4.78 is 10.9. The van der Waals surface area contributed by atoms with Crippen LogP contribution in [-0.2, 0) is 9.16 Å². The van der Waals surface area contributed by atoms with Gasteiger partial charge in [-0.15, -0.1) is 0 Å². The highest BCUT2D eigenvalue weighted by molar-refractivity contribution is 6.46. The van der Waals surface area contributed by atoms with Crippen molar-refractivity contribution in [3.8, 4) is 0 Å². The van der Waals surface area contributed by atoms with Gasteiger partial charge in [-0.1, -0.05) is 30.3 Å². The van der Waals surface area contributed by atoms with Gasteiger partial charge in [0.2, 0.25) is 0 Å². The van der Waals surface area contributed by atoms with Crippen LogP contribution < -0.4 is 5.19 Å². The van der Waals surface area contributed by atoms with E-state index < -0.39 is 9.76 Å². The number of unbranched alkanes of at least 4 members (excludes halogenated alkanes) is 1. The van der Waals surface area contributed by atoms with Crippen LogP contribution >= 0.6 is 0 Å². The van der Waals surface area contributed by atoms with Gasteiger partial charge in [0.15, 0.2) is 9.76 Å². The van der Waals surface area contributed by atoms with E-state index in [1.807, 2.05) is 13.0 Å². The van der Waals surface area contributed by atoms with Gasteiger partial charge in [-0.05, 0) is 25.0 Å². The van der Waals surface area contributed by atoms with Gasteiger partial charge in [-0.2, -0.15) is 0 Å². The van der Waals surface area contributed by atoms with Gasteiger partial charge in [0.25, 0.3) is 0 Å². The predicted molar refractivity (Wildman–Crippen MR) is 66.3 cm³/mol. The molecule has 1 aromatic carbocycles. The molecular weight excluding hydrogens is 204 g/mol. The minimum absolute atomic E-state index is 0.492. The molecule has 3 heteroatoms. The van der Waals surface area contributed by atoms with Crippen molar-refractivity contribution in [3.63, 3.8) is 0 Å². The summed E-state index contributed by atoms with van der Waals surface area (Å²) in [6, 6.07) is 10.5. The highest BCUT2D eigenvalue weighted by atomic mass is 28.2. The second-order valence-corrected chi connectivity index (χ2v) is 4.96. The number of hydrogen-bond acceptors (Lipinski definition) is 2. The lowest BCUT2D eigenvalue weighted by Gasteiger charge is -2.04. The molecule has 84 valence electrons. The molecule has 1 rings (SSSR count). The Hall–Kier alpha value is -0.643. The summed E-state index contributed by atoms with van der Waals surface area (Å²) in [7, 11) is -0.492. The van der Waals surface area contributed by atoms with E-state index in [4.69, 9.17) is 9.16 Å². The molecule has 0 radical (unpaired) electrons.